The number of hydrogen-bond donors (Lipinski definition) is 0. The number of nitrogens with zero attached hydrogens (tertiary/aromatic N) is 4. The highest BCUT2D eigenvalue weighted by atomic mass is 35.5. The van der Waals surface area contributed by atoms with E-state index < -0.39 is 0 Å². The van der Waals surface area contributed by atoms with Gasteiger partial charge in [0.15, 0.2) is 5.82 Å². The summed E-state index contributed by atoms with van der Waals surface area (Å²) in [5.74, 6) is 1.78. The van der Waals surface area contributed by atoms with E-state index in [1.54, 1.807) is 11.6 Å². The molecule has 5 nitrogen and oxygen atoms in total. The van der Waals surface area contributed by atoms with Gasteiger partial charge in [0.2, 0.25) is 0 Å². The standard InChI is InChI=1S/C24H16Cl2N4O/c1-31-22-5-3-2-4-19(22)21-14-20(15-6-10-17(25)11-7-15)27-24-28-23(29-30(21)24)16-8-12-18(26)13-9-16/h2-14H,1H3. The third kappa shape index (κ3) is 3.74. The predicted octanol–water partition coefficient (Wildman–Crippen LogP) is 6.44. The molecule has 0 amide bonds. The zero-order valence-electron chi connectivity index (χ0n) is 16.5. The lowest BCUT2D eigenvalue weighted by atomic mass is 10.1. The molecule has 0 saturated carbocycles. The number of benzene rings is 3. The molecule has 152 valence electrons. The number of halogens is 2. The Labute approximate surface area is 188 Å². The van der Waals surface area contributed by atoms with Gasteiger partial charge in [-0.1, -0.05) is 47.5 Å². The lowest BCUT2D eigenvalue weighted by Crippen LogP contribution is -2.00. The van der Waals surface area contributed by atoms with Gasteiger partial charge in [-0.2, -0.15) is 9.50 Å². The number of para-hydroxylation sites is 1. The van der Waals surface area contributed by atoms with Gasteiger partial charge < -0.3 is 4.74 Å². The van der Waals surface area contributed by atoms with Gasteiger partial charge in [0.1, 0.15) is 5.75 Å². The molecule has 7 heteroatoms. The zero-order valence-corrected chi connectivity index (χ0v) is 18.0. The van der Waals surface area contributed by atoms with Crippen LogP contribution in [0.15, 0.2) is 78.9 Å². The minimum absolute atomic E-state index is 0.485. The van der Waals surface area contributed by atoms with E-state index in [-0.39, 0.29) is 0 Å². The van der Waals surface area contributed by atoms with Gasteiger partial charge in [-0.05, 0) is 54.6 Å². The normalized spacial score (nSPS) is 11.1. The van der Waals surface area contributed by atoms with Gasteiger partial charge in [-0.15, -0.1) is 5.10 Å². The van der Waals surface area contributed by atoms with Crippen LogP contribution in [0.1, 0.15) is 0 Å². The maximum Gasteiger partial charge on any atom is 0.253 e. The van der Waals surface area contributed by atoms with Crippen molar-refractivity contribution in [3.8, 4) is 39.7 Å². The molecular weight excluding hydrogens is 431 g/mol. The summed E-state index contributed by atoms with van der Waals surface area (Å²) in [5, 5.41) is 6.06. The zero-order chi connectivity index (χ0) is 21.4. The van der Waals surface area contributed by atoms with Gasteiger partial charge in [0.25, 0.3) is 5.78 Å². The molecule has 5 rings (SSSR count). The van der Waals surface area contributed by atoms with Crippen LogP contribution in [-0.4, -0.2) is 26.7 Å². The fourth-order valence-corrected chi connectivity index (χ4v) is 3.66. The second kappa shape index (κ2) is 8.02. The van der Waals surface area contributed by atoms with Crippen LogP contribution >= 0.6 is 23.2 Å². The first-order valence-electron chi connectivity index (χ1n) is 9.55. The Morgan fingerprint density at radius 2 is 1.42 bits per heavy atom. The molecule has 2 heterocycles. The molecule has 0 aliphatic rings. The van der Waals surface area contributed by atoms with E-state index in [1.807, 2.05) is 78.9 Å². The Kier molecular flexibility index (Phi) is 5.06. The van der Waals surface area contributed by atoms with Crippen LogP contribution in [0, 0.1) is 0 Å². The van der Waals surface area contributed by atoms with E-state index in [0.717, 1.165) is 33.8 Å². The molecule has 2 aromatic heterocycles. The average Bonchev–Trinajstić information content (AvgIpc) is 3.23. The van der Waals surface area contributed by atoms with Crippen molar-refractivity contribution in [1.29, 1.82) is 0 Å². The number of ether oxygens (including phenoxy) is 1. The molecule has 0 radical (unpaired) electrons. The van der Waals surface area contributed by atoms with Crippen LogP contribution in [0.2, 0.25) is 10.0 Å². The van der Waals surface area contributed by atoms with Gasteiger partial charge >= 0.3 is 0 Å². The van der Waals surface area contributed by atoms with E-state index in [4.69, 9.17) is 38.0 Å². The molecular formula is C24H16Cl2N4O. The Hall–Kier alpha value is -3.41. The summed E-state index contributed by atoms with van der Waals surface area (Å²) >= 11 is 12.1. The van der Waals surface area contributed by atoms with Crippen LogP contribution in [0.5, 0.6) is 5.75 Å². The third-order valence-electron chi connectivity index (χ3n) is 4.94. The van der Waals surface area contributed by atoms with E-state index >= 15 is 0 Å². The molecule has 3 aromatic carbocycles. The van der Waals surface area contributed by atoms with E-state index in [0.29, 0.717) is 21.6 Å². The summed E-state index contributed by atoms with van der Waals surface area (Å²) in [6, 6.07) is 24.7. The SMILES string of the molecule is COc1ccccc1-c1cc(-c2ccc(Cl)cc2)nc2nc(-c3ccc(Cl)cc3)nn12. The van der Waals surface area contributed by atoms with E-state index in [1.165, 1.54) is 0 Å². The van der Waals surface area contributed by atoms with E-state index in [2.05, 4.69) is 4.98 Å². The number of aromatic nitrogens is 4. The lowest BCUT2D eigenvalue weighted by Gasteiger charge is -2.11. The summed E-state index contributed by atoms with van der Waals surface area (Å²) in [6.45, 7) is 0. The molecule has 0 bridgehead atoms. The van der Waals surface area contributed by atoms with Crippen molar-refractivity contribution in [1.82, 2.24) is 19.6 Å². The molecule has 0 N–H and O–H groups in total. The first-order chi connectivity index (χ1) is 15.1. The van der Waals surface area contributed by atoms with E-state index in [9.17, 15) is 0 Å². The number of rotatable bonds is 4. The molecule has 31 heavy (non-hydrogen) atoms. The fourth-order valence-electron chi connectivity index (χ4n) is 3.41. The van der Waals surface area contributed by atoms with Crippen molar-refractivity contribution >= 4 is 29.0 Å². The van der Waals surface area contributed by atoms with Crippen molar-refractivity contribution in [2.75, 3.05) is 7.11 Å². The van der Waals surface area contributed by atoms with Crippen LogP contribution < -0.4 is 4.74 Å². The van der Waals surface area contributed by atoms with Crippen LogP contribution in [-0.2, 0) is 0 Å². The Morgan fingerprint density at radius 3 is 2.10 bits per heavy atom. The quantitative estimate of drug-likeness (QED) is 0.318. The highest BCUT2D eigenvalue weighted by Gasteiger charge is 2.17. The molecule has 0 aliphatic heterocycles. The molecule has 0 fully saturated rings. The van der Waals surface area contributed by atoms with Crippen LogP contribution in [0.3, 0.4) is 0 Å². The minimum Gasteiger partial charge on any atom is -0.496 e. The smallest absolute Gasteiger partial charge is 0.253 e. The molecule has 0 unspecified atom stereocenters. The fraction of sp³-hybridized carbons (Fsp3) is 0.0417. The van der Waals surface area contributed by atoms with Gasteiger partial charge in [-0.3, -0.25) is 0 Å². The van der Waals surface area contributed by atoms with Crippen molar-refractivity contribution in [3.63, 3.8) is 0 Å². The second-order valence-corrected chi connectivity index (χ2v) is 7.76. The number of hydrogen-bond acceptors (Lipinski definition) is 4. The van der Waals surface area contributed by atoms with Crippen molar-refractivity contribution in [2.45, 2.75) is 0 Å². The molecule has 5 aromatic rings. The summed E-state index contributed by atoms with van der Waals surface area (Å²) in [6.07, 6.45) is 0. The predicted molar refractivity (Wildman–Crippen MR) is 124 cm³/mol. The van der Waals surface area contributed by atoms with Crippen LogP contribution in [0.4, 0.5) is 0 Å². The summed E-state index contributed by atoms with van der Waals surface area (Å²) in [4.78, 5) is 9.45. The molecule has 0 atom stereocenters. The van der Waals surface area contributed by atoms with Crippen molar-refractivity contribution in [3.05, 3.63) is 88.9 Å². The Bertz CT molecular complexity index is 1380. The lowest BCUT2D eigenvalue weighted by molar-refractivity contribution is 0.416. The van der Waals surface area contributed by atoms with Gasteiger partial charge in [0, 0.05) is 26.7 Å². The first kappa shape index (κ1) is 19.5. The minimum atomic E-state index is 0.485. The monoisotopic (exact) mass is 446 g/mol. The van der Waals surface area contributed by atoms with Crippen molar-refractivity contribution < 1.29 is 4.74 Å². The molecule has 0 saturated heterocycles. The topological polar surface area (TPSA) is 52.3 Å². The Morgan fingerprint density at radius 1 is 0.774 bits per heavy atom. The highest BCUT2D eigenvalue weighted by Crippen LogP contribution is 2.33. The average molecular weight is 447 g/mol. The summed E-state index contributed by atoms with van der Waals surface area (Å²) in [5.41, 5.74) is 4.26. The van der Waals surface area contributed by atoms with Crippen molar-refractivity contribution in [2.24, 2.45) is 0 Å². The number of methoxy groups -OCH3 is 1. The molecule has 0 spiro atoms. The maximum absolute atomic E-state index is 6.07. The summed E-state index contributed by atoms with van der Waals surface area (Å²) < 4.78 is 7.34. The number of fused-ring (bicyclic) bond motifs is 1. The molecule has 0 aliphatic carbocycles. The third-order valence-corrected chi connectivity index (χ3v) is 5.44. The van der Waals surface area contributed by atoms with Gasteiger partial charge in [-0.25, -0.2) is 4.98 Å². The highest BCUT2D eigenvalue weighted by molar-refractivity contribution is 6.30. The Balaban J connectivity index is 1.77. The largest absolute Gasteiger partial charge is 0.496 e. The van der Waals surface area contributed by atoms with Crippen LogP contribution in [0.25, 0.3) is 39.7 Å². The maximum atomic E-state index is 6.07. The first-order valence-corrected chi connectivity index (χ1v) is 10.3. The second-order valence-electron chi connectivity index (χ2n) is 6.89. The summed E-state index contributed by atoms with van der Waals surface area (Å²) in [7, 11) is 1.65. The van der Waals surface area contributed by atoms with Gasteiger partial charge in [0.05, 0.1) is 18.5 Å².